The molecule has 102 valence electrons. The third-order valence-corrected chi connectivity index (χ3v) is 3.70. The molecule has 1 saturated carbocycles. The number of carboxylic acids is 1. The van der Waals surface area contributed by atoms with Crippen LogP contribution < -0.4 is 5.32 Å². The molecule has 2 rings (SSSR count). The number of urea groups is 1. The van der Waals surface area contributed by atoms with Crippen molar-refractivity contribution in [2.24, 2.45) is 0 Å². The average Bonchev–Trinajstić information content (AvgIpc) is 2.75. The summed E-state index contributed by atoms with van der Waals surface area (Å²) in [5, 5.41) is 11.6. The highest BCUT2D eigenvalue weighted by Gasteiger charge is 2.40. The number of amides is 2. The highest BCUT2D eigenvalue weighted by atomic mass is 16.5. The lowest BCUT2D eigenvalue weighted by molar-refractivity contribution is -0.143. The topological polar surface area (TPSA) is 78.9 Å². The summed E-state index contributed by atoms with van der Waals surface area (Å²) in [6.07, 6.45) is 3.10. The molecule has 1 saturated heterocycles. The van der Waals surface area contributed by atoms with E-state index >= 15 is 0 Å². The Morgan fingerprint density at radius 1 is 1.39 bits per heavy atom. The van der Waals surface area contributed by atoms with E-state index in [1.807, 2.05) is 0 Å². The van der Waals surface area contributed by atoms with Crippen molar-refractivity contribution in [1.29, 1.82) is 0 Å². The zero-order valence-electron chi connectivity index (χ0n) is 10.8. The molecule has 1 aliphatic carbocycles. The summed E-state index contributed by atoms with van der Waals surface area (Å²) in [4.78, 5) is 24.9. The van der Waals surface area contributed by atoms with E-state index in [-0.39, 0.29) is 18.2 Å². The smallest absolute Gasteiger partial charge is 0.328 e. The number of morpholine rings is 1. The van der Waals surface area contributed by atoms with Gasteiger partial charge in [-0.2, -0.15) is 0 Å². The van der Waals surface area contributed by atoms with Gasteiger partial charge in [0.25, 0.3) is 0 Å². The molecule has 2 amide bonds. The van der Waals surface area contributed by atoms with Crippen molar-refractivity contribution >= 4 is 12.0 Å². The Morgan fingerprint density at radius 2 is 2.11 bits per heavy atom. The average molecular weight is 256 g/mol. The zero-order chi connectivity index (χ0) is 13.3. The van der Waals surface area contributed by atoms with E-state index in [0.717, 1.165) is 19.3 Å². The number of carboxylic acid groups (broad SMARTS) is 1. The summed E-state index contributed by atoms with van der Waals surface area (Å²) in [5.41, 5.74) is -1.25. The van der Waals surface area contributed by atoms with Gasteiger partial charge >= 0.3 is 12.0 Å². The fourth-order valence-electron chi connectivity index (χ4n) is 2.57. The van der Waals surface area contributed by atoms with Crippen molar-refractivity contribution in [3.8, 4) is 0 Å². The molecule has 0 spiro atoms. The second-order valence-electron chi connectivity index (χ2n) is 5.46. The fourth-order valence-corrected chi connectivity index (χ4v) is 2.57. The van der Waals surface area contributed by atoms with Gasteiger partial charge in [0.05, 0.1) is 18.8 Å². The van der Waals surface area contributed by atoms with Crippen LogP contribution >= 0.6 is 0 Å². The molecular formula is C12H20N2O4. The number of carbonyl (C=O) groups is 2. The summed E-state index contributed by atoms with van der Waals surface area (Å²) in [6, 6.07) is -0.203. The zero-order valence-corrected chi connectivity index (χ0v) is 10.8. The molecule has 6 heteroatoms. The third kappa shape index (κ3) is 2.43. The van der Waals surface area contributed by atoms with Crippen molar-refractivity contribution in [3.05, 3.63) is 0 Å². The minimum Gasteiger partial charge on any atom is -0.480 e. The van der Waals surface area contributed by atoms with Crippen LogP contribution in [0.3, 0.4) is 0 Å². The first-order valence-corrected chi connectivity index (χ1v) is 6.35. The first kappa shape index (κ1) is 13.1. The van der Waals surface area contributed by atoms with Crippen LogP contribution in [0.25, 0.3) is 0 Å². The number of nitrogens with zero attached hydrogens (tertiary/aromatic N) is 1. The van der Waals surface area contributed by atoms with Gasteiger partial charge in [-0.3, -0.25) is 0 Å². The molecule has 0 bridgehead atoms. The minimum atomic E-state index is -1.25. The molecule has 6 nitrogen and oxygen atoms in total. The Hall–Kier alpha value is -1.30. The summed E-state index contributed by atoms with van der Waals surface area (Å²) >= 11 is 0. The Morgan fingerprint density at radius 3 is 2.78 bits per heavy atom. The molecule has 2 N–H and O–H groups in total. The monoisotopic (exact) mass is 256 g/mol. The van der Waals surface area contributed by atoms with E-state index in [1.54, 1.807) is 4.90 Å². The van der Waals surface area contributed by atoms with Gasteiger partial charge in [-0.25, -0.2) is 9.59 Å². The van der Waals surface area contributed by atoms with E-state index < -0.39 is 11.5 Å². The molecule has 0 aromatic rings. The van der Waals surface area contributed by atoms with Crippen LogP contribution in [-0.2, 0) is 9.53 Å². The van der Waals surface area contributed by atoms with Crippen LogP contribution in [0, 0.1) is 0 Å². The lowest BCUT2D eigenvalue weighted by Crippen LogP contribution is -2.59. The molecule has 2 atom stereocenters. The van der Waals surface area contributed by atoms with Crippen molar-refractivity contribution < 1.29 is 19.4 Å². The number of nitrogens with one attached hydrogen (secondary N) is 1. The summed E-state index contributed by atoms with van der Waals surface area (Å²) in [5.74, 6) is -1.04. The van der Waals surface area contributed by atoms with Crippen LogP contribution in [0.5, 0.6) is 0 Å². The first-order chi connectivity index (χ1) is 8.42. The highest BCUT2D eigenvalue weighted by molar-refractivity contribution is 5.85. The van der Waals surface area contributed by atoms with E-state index in [2.05, 4.69) is 5.32 Å². The largest absolute Gasteiger partial charge is 0.480 e. The normalized spacial score (nSPS) is 27.8. The summed E-state index contributed by atoms with van der Waals surface area (Å²) < 4.78 is 5.62. The third-order valence-electron chi connectivity index (χ3n) is 3.70. The van der Waals surface area contributed by atoms with Crippen molar-refractivity contribution in [3.63, 3.8) is 0 Å². The minimum absolute atomic E-state index is 0.100. The Kier molecular flexibility index (Phi) is 3.47. The van der Waals surface area contributed by atoms with Gasteiger partial charge in [-0.05, 0) is 33.1 Å². The molecular weight excluding hydrogens is 236 g/mol. The first-order valence-electron chi connectivity index (χ1n) is 6.35. The predicted octanol–water partition coefficient (Wildman–Crippen LogP) is 0.812. The van der Waals surface area contributed by atoms with Crippen molar-refractivity contribution in [2.75, 3.05) is 13.2 Å². The van der Waals surface area contributed by atoms with E-state index in [1.165, 1.54) is 13.8 Å². The fraction of sp³-hybridized carbons (Fsp3) is 0.833. The van der Waals surface area contributed by atoms with E-state index in [0.29, 0.717) is 13.2 Å². The van der Waals surface area contributed by atoms with Gasteiger partial charge in [-0.1, -0.05) is 0 Å². The number of hydrogen-bond acceptors (Lipinski definition) is 3. The second kappa shape index (κ2) is 4.76. The van der Waals surface area contributed by atoms with E-state index in [9.17, 15) is 9.59 Å². The molecule has 0 aromatic carbocycles. The summed E-state index contributed by atoms with van der Waals surface area (Å²) in [6.45, 7) is 4.03. The number of aliphatic carboxylic acids is 1. The molecule has 2 unspecified atom stereocenters. The SMILES string of the molecule is CC(C)(NC(=O)N1CCOC2CCCC21)C(=O)O. The van der Waals surface area contributed by atoms with E-state index in [4.69, 9.17) is 9.84 Å². The highest BCUT2D eigenvalue weighted by Crippen LogP contribution is 2.29. The Bertz CT molecular complexity index is 356. The van der Waals surface area contributed by atoms with Gasteiger partial charge in [0.1, 0.15) is 5.54 Å². The van der Waals surface area contributed by atoms with Gasteiger partial charge in [-0.15, -0.1) is 0 Å². The standard InChI is InChI=1S/C12H20N2O4/c1-12(2,10(15)16)13-11(17)14-6-7-18-9-5-3-4-8(9)14/h8-9H,3-7H2,1-2H3,(H,13,17)(H,15,16). The number of carbonyl (C=O) groups excluding carboxylic acids is 1. The number of rotatable bonds is 2. The molecule has 2 aliphatic rings. The predicted molar refractivity (Wildman–Crippen MR) is 64.3 cm³/mol. The lowest BCUT2D eigenvalue weighted by Gasteiger charge is -2.39. The van der Waals surface area contributed by atoms with Gasteiger partial charge < -0.3 is 20.1 Å². The van der Waals surface area contributed by atoms with Crippen LogP contribution in [-0.4, -0.2) is 52.8 Å². The summed E-state index contributed by atoms with van der Waals surface area (Å²) in [7, 11) is 0. The van der Waals surface area contributed by atoms with Gasteiger partial charge in [0.2, 0.25) is 0 Å². The maximum absolute atomic E-state index is 12.2. The maximum atomic E-state index is 12.2. The number of hydrogen-bond donors (Lipinski definition) is 2. The molecule has 1 heterocycles. The van der Waals surface area contributed by atoms with Crippen molar-refractivity contribution in [1.82, 2.24) is 10.2 Å². The lowest BCUT2D eigenvalue weighted by atomic mass is 10.1. The Balaban J connectivity index is 2.02. The van der Waals surface area contributed by atoms with Gasteiger partial charge in [0.15, 0.2) is 0 Å². The van der Waals surface area contributed by atoms with Crippen molar-refractivity contribution in [2.45, 2.75) is 50.8 Å². The number of fused-ring (bicyclic) bond motifs is 1. The van der Waals surface area contributed by atoms with Crippen LogP contribution in [0.15, 0.2) is 0 Å². The van der Waals surface area contributed by atoms with Crippen LogP contribution in [0.1, 0.15) is 33.1 Å². The molecule has 18 heavy (non-hydrogen) atoms. The Labute approximate surface area is 106 Å². The second-order valence-corrected chi connectivity index (χ2v) is 5.46. The molecule has 2 fully saturated rings. The van der Waals surface area contributed by atoms with Crippen LogP contribution in [0.4, 0.5) is 4.79 Å². The molecule has 1 aliphatic heterocycles. The van der Waals surface area contributed by atoms with Gasteiger partial charge in [0, 0.05) is 6.54 Å². The molecule has 0 aromatic heterocycles. The van der Waals surface area contributed by atoms with Crippen LogP contribution in [0.2, 0.25) is 0 Å². The maximum Gasteiger partial charge on any atom is 0.328 e. The molecule has 0 radical (unpaired) electrons. The number of ether oxygens (including phenoxy) is 1. The quantitative estimate of drug-likeness (QED) is 0.766.